The van der Waals surface area contributed by atoms with Gasteiger partial charge in [0, 0.05) is 68.9 Å². The molecule has 0 amide bonds. The van der Waals surface area contributed by atoms with Crippen LogP contribution < -0.4 is 27.0 Å². The Bertz CT molecular complexity index is 4460. The highest BCUT2D eigenvalue weighted by atomic mass is 16.6. The molecule has 5 aliphatic rings. The monoisotopic (exact) mass is 1680 g/mol. The molecule has 8 aromatic rings. The van der Waals surface area contributed by atoms with E-state index in [-0.39, 0.29) is 47.7 Å². The Labute approximate surface area is 726 Å². The summed E-state index contributed by atoms with van der Waals surface area (Å²) in [6, 6.07) is 34.4. The van der Waals surface area contributed by atoms with Crippen molar-refractivity contribution in [3.8, 4) is 0 Å². The lowest BCUT2D eigenvalue weighted by Crippen LogP contribution is -2.23. The highest BCUT2D eigenvalue weighted by molar-refractivity contribution is 5.94. The fraction of sp³-hybridized carbons (Fsp3) is 0.500. The minimum absolute atomic E-state index is 0.0777. The number of nitrogen functional groups attached to an aromatic ring is 1. The van der Waals surface area contributed by atoms with E-state index in [0.717, 1.165) is 95.9 Å². The van der Waals surface area contributed by atoms with Crippen molar-refractivity contribution < 1.29 is 62.1 Å². The van der Waals surface area contributed by atoms with E-state index < -0.39 is 10.9 Å². The molecular formula is C98H129N11O14. The normalized spacial score (nSPS) is 15.0. The van der Waals surface area contributed by atoms with E-state index in [4.69, 9.17) is 34.2 Å². The Kier molecular flexibility index (Phi) is 41.0. The van der Waals surface area contributed by atoms with Crippen LogP contribution in [0.4, 0.5) is 34.1 Å². The van der Waals surface area contributed by atoms with Gasteiger partial charge < -0.3 is 55.4 Å². The highest BCUT2D eigenvalue weighted by Crippen LogP contribution is 2.35. The summed E-state index contributed by atoms with van der Waals surface area (Å²) in [7, 11) is 0. The molecule has 6 N–H and O–H groups in total. The first-order chi connectivity index (χ1) is 59.9. The van der Waals surface area contributed by atoms with Crippen molar-refractivity contribution in [2.45, 2.75) is 253 Å². The van der Waals surface area contributed by atoms with Gasteiger partial charge in [-0.2, -0.15) is 0 Å². The van der Waals surface area contributed by atoms with Gasteiger partial charge >= 0.3 is 35.8 Å². The summed E-state index contributed by atoms with van der Waals surface area (Å²) in [4.78, 5) is 104. The number of carbonyl (C=O) groups is 6. The number of anilines is 5. The molecule has 0 radical (unpaired) electrons. The van der Waals surface area contributed by atoms with Crippen LogP contribution in [0.25, 0.3) is 0 Å². The number of aromatic nitrogens is 5. The largest absolute Gasteiger partial charge is 0.462 e. The molecule has 0 aliphatic heterocycles. The Morgan fingerprint density at radius 1 is 0.358 bits per heavy atom. The van der Waals surface area contributed by atoms with Crippen molar-refractivity contribution in [1.29, 1.82) is 0 Å². The van der Waals surface area contributed by atoms with Crippen LogP contribution >= 0.6 is 0 Å². The number of pyridine rings is 5. The van der Waals surface area contributed by atoms with Crippen molar-refractivity contribution in [1.82, 2.24) is 24.9 Å². The predicted molar refractivity (Wildman–Crippen MR) is 481 cm³/mol. The third-order valence-electron chi connectivity index (χ3n) is 23.0. The highest BCUT2D eigenvalue weighted by Gasteiger charge is 2.27. The van der Waals surface area contributed by atoms with Gasteiger partial charge in [0.25, 0.3) is 5.69 Å². The van der Waals surface area contributed by atoms with Gasteiger partial charge in [0.2, 0.25) is 0 Å². The van der Waals surface area contributed by atoms with E-state index in [2.05, 4.69) is 58.3 Å². The standard InChI is InChI=1S/C25H32N2O4.C22H28N2O2.C21H27N3O2.C15H20N2O4.C15H22N2O2/c1-3-30-24(28)19-12-10-18(11-13-19)17-26-23-16-20(25(29)31-4-2)14-15-22(23)27-21-8-6-5-7-9-21;1-2-26-22(25)19-14-21(23-15-18-11-7-4-8-12-18)20(24-16-19)13-17-9-5-3-6-10-17;1-2-26-21(25)18-13-20(23-14-17-8-10-22-11-9-17)19(24-15-18)12-16-6-4-3-5-7-16;1-2-21-15(18)12-9-14(17(19)20)13(16-10-12)8-11-6-4-3-5-7-11;1-2-19-15(18)12-9-13(16)14(17-10-12)8-11-6-4-3-5-7-11/h10-16,21,26-27H,3-9,17H2,1-2H3;4,7-8,11-12,14,16-17,23H,2-3,5-6,9-10,13,15H2,1H3;8-11,13,15-16,23H,2-7,12,14H2,1H3;9-11H,2-8H2,1H3;9-11H,2-8,16H2,1H3. The number of hydrogen-bond donors (Lipinski definition) is 5. The molecule has 660 valence electrons. The minimum atomic E-state index is -0.572. The lowest BCUT2D eigenvalue weighted by Gasteiger charge is -2.25. The maximum absolute atomic E-state index is 12.2. The Balaban J connectivity index is 0.000000176. The van der Waals surface area contributed by atoms with E-state index in [1.54, 1.807) is 76.9 Å². The summed E-state index contributed by atoms with van der Waals surface area (Å²) in [5, 5.41) is 25.2. The van der Waals surface area contributed by atoms with Crippen LogP contribution in [0.3, 0.4) is 0 Å². The second-order valence-corrected chi connectivity index (χ2v) is 32.1. The minimum Gasteiger partial charge on any atom is -0.462 e. The van der Waals surface area contributed by atoms with Gasteiger partial charge in [-0.05, 0) is 181 Å². The van der Waals surface area contributed by atoms with Crippen molar-refractivity contribution >= 4 is 69.9 Å². The van der Waals surface area contributed by atoms with E-state index in [1.165, 1.54) is 153 Å². The number of nitrogens with two attached hydrogens (primary N) is 1. The molecule has 0 bridgehead atoms. The number of hydrogen-bond acceptors (Lipinski definition) is 24. The van der Waals surface area contributed by atoms with Gasteiger partial charge in [-0.3, -0.25) is 35.0 Å². The summed E-state index contributed by atoms with van der Waals surface area (Å²) in [6.07, 6.45) is 44.7. The Morgan fingerprint density at radius 3 is 1.10 bits per heavy atom. The SMILES string of the molecule is CCOC(=O)c1ccc(CNc2cc(C(=O)OCC)ccc2NC2CCCCC2)cc1.CCOC(=O)c1cnc(CC2CCCCC2)c(N)c1.CCOC(=O)c1cnc(CC2CCCCC2)c(NCc2ccccc2)c1.CCOC(=O)c1cnc(CC2CCCCC2)c(NCc2ccncc2)c1.CCOC(=O)c1cnc(CC2CCCCC2)c([N+](=O)[O-])c1. The van der Waals surface area contributed by atoms with Crippen molar-refractivity contribution in [3.05, 3.63) is 229 Å². The zero-order valence-electron chi connectivity index (χ0n) is 73.1. The molecule has 5 saturated carbocycles. The van der Waals surface area contributed by atoms with E-state index >= 15 is 0 Å². The zero-order chi connectivity index (χ0) is 87.3. The molecule has 5 aromatic heterocycles. The molecule has 5 fully saturated rings. The molecule has 0 spiro atoms. The smallest absolute Gasteiger partial charge is 0.339 e. The van der Waals surface area contributed by atoms with E-state index in [0.29, 0.717) is 128 Å². The van der Waals surface area contributed by atoms with Gasteiger partial charge in [-0.1, -0.05) is 190 Å². The lowest BCUT2D eigenvalue weighted by molar-refractivity contribution is -0.386. The summed E-state index contributed by atoms with van der Waals surface area (Å²) in [6.45, 7) is 14.7. The third-order valence-corrected chi connectivity index (χ3v) is 23.0. The molecule has 3 aromatic carbocycles. The number of rotatable bonds is 32. The second kappa shape index (κ2) is 52.8. The average Bonchev–Trinajstić information content (AvgIpc) is 1.08. The summed E-state index contributed by atoms with van der Waals surface area (Å²) in [5.41, 5.74) is 19.8. The summed E-state index contributed by atoms with van der Waals surface area (Å²) >= 11 is 0. The fourth-order valence-corrected chi connectivity index (χ4v) is 16.3. The van der Waals surface area contributed by atoms with Crippen LogP contribution in [0, 0.1) is 33.8 Å². The molecule has 25 nitrogen and oxygen atoms in total. The first-order valence-corrected chi connectivity index (χ1v) is 45.0. The van der Waals surface area contributed by atoms with Gasteiger partial charge in [0.05, 0.1) is 123 Å². The first kappa shape index (κ1) is 95.5. The molecule has 0 atom stereocenters. The molecule has 0 unspecified atom stereocenters. The Hall–Kier alpha value is -11.4. The summed E-state index contributed by atoms with van der Waals surface area (Å²) in [5.74, 6) is 0.326. The zero-order valence-corrected chi connectivity index (χ0v) is 73.1. The molecule has 0 saturated heterocycles. The van der Waals surface area contributed by atoms with Gasteiger partial charge in [0.1, 0.15) is 5.69 Å². The third kappa shape index (κ3) is 32.4. The predicted octanol–water partition coefficient (Wildman–Crippen LogP) is 21.0. The van der Waals surface area contributed by atoms with Crippen LogP contribution in [0.1, 0.15) is 304 Å². The molecule has 5 aliphatic carbocycles. The van der Waals surface area contributed by atoms with Gasteiger partial charge in [-0.25, -0.2) is 28.8 Å². The molecular weight excluding hydrogens is 1560 g/mol. The van der Waals surface area contributed by atoms with E-state index in [9.17, 15) is 38.9 Å². The van der Waals surface area contributed by atoms with Crippen LogP contribution in [-0.4, -0.2) is 111 Å². The summed E-state index contributed by atoms with van der Waals surface area (Å²) < 4.78 is 30.2. The van der Waals surface area contributed by atoms with Crippen molar-refractivity contribution in [3.63, 3.8) is 0 Å². The fourth-order valence-electron chi connectivity index (χ4n) is 16.3. The molecule has 5 heterocycles. The quantitative estimate of drug-likeness (QED) is 0.0113. The maximum atomic E-state index is 12.2. The molecule has 123 heavy (non-hydrogen) atoms. The van der Waals surface area contributed by atoms with Crippen LogP contribution in [-0.2, 0) is 73.7 Å². The number of ether oxygens (including phenoxy) is 6. The average molecular weight is 1690 g/mol. The van der Waals surface area contributed by atoms with Crippen molar-refractivity contribution in [2.75, 3.05) is 66.6 Å². The molecule has 13 rings (SSSR count). The number of nitrogens with zero attached hydrogens (tertiary/aromatic N) is 6. The molecule has 25 heteroatoms. The van der Waals surface area contributed by atoms with Gasteiger partial charge in [0.15, 0.2) is 0 Å². The van der Waals surface area contributed by atoms with Crippen molar-refractivity contribution in [2.24, 2.45) is 23.7 Å². The van der Waals surface area contributed by atoms with Crippen LogP contribution in [0.2, 0.25) is 0 Å². The number of benzene rings is 3. The number of nitrogens with one attached hydrogen (secondary N) is 4. The van der Waals surface area contributed by atoms with Gasteiger partial charge in [-0.15, -0.1) is 0 Å². The number of carbonyl (C=O) groups excluding carboxylic acids is 6. The number of nitro groups is 1. The number of esters is 6. The first-order valence-electron chi connectivity index (χ1n) is 45.0. The topological polar surface area (TPSA) is 340 Å². The second-order valence-electron chi connectivity index (χ2n) is 32.1. The maximum Gasteiger partial charge on any atom is 0.339 e. The lowest BCUT2D eigenvalue weighted by atomic mass is 9.85. The Morgan fingerprint density at radius 2 is 0.683 bits per heavy atom. The van der Waals surface area contributed by atoms with E-state index in [1.807, 2.05) is 86.6 Å². The van der Waals surface area contributed by atoms with Crippen LogP contribution in [0.15, 0.2) is 146 Å². The van der Waals surface area contributed by atoms with Crippen LogP contribution in [0.5, 0.6) is 0 Å².